The lowest BCUT2D eigenvalue weighted by Crippen LogP contribution is -2.36. The van der Waals surface area contributed by atoms with E-state index >= 15 is 0 Å². The SMILES string of the molecule is C[C@@H](CN(C)C(=O)OC(C)(C)C)c1noc([C@H]2C[C@@H]2c2ccco2)n1. The molecule has 3 atom stereocenters. The average molecular weight is 347 g/mol. The first-order valence-corrected chi connectivity index (χ1v) is 8.55. The number of aromatic nitrogens is 2. The molecule has 0 saturated heterocycles. The third-order valence-corrected chi connectivity index (χ3v) is 4.17. The second-order valence-corrected chi connectivity index (χ2v) is 7.72. The maximum Gasteiger partial charge on any atom is 0.410 e. The van der Waals surface area contributed by atoms with Crippen molar-refractivity contribution in [2.45, 2.75) is 57.5 Å². The summed E-state index contributed by atoms with van der Waals surface area (Å²) < 4.78 is 16.2. The number of nitrogens with zero attached hydrogens (tertiary/aromatic N) is 3. The number of likely N-dealkylation sites (N-methyl/N-ethyl adjacent to an activating group) is 1. The number of amides is 1. The van der Waals surface area contributed by atoms with Gasteiger partial charge >= 0.3 is 6.09 Å². The van der Waals surface area contributed by atoms with Gasteiger partial charge in [0.1, 0.15) is 11.4 Å². The fourth-order valence-electron chi connectivity index (χ4n) is 2.79. The molecule has 2 heterocycles. The first-order chi connectivity index (χ1) is 11.7. The van der Waals surface area contributed by atoms with Gasteiger partial charge in [0.25, 0.3) is 0 Å². The predicted octanol–water partition coefficient (Wildman–Crippen LogP) is 3.90. The Morgan fingerprint density at radius 2 is 2.20 bits per heavy atom. The highest BCUT2D eigenvalue weighted by molar-refractivity contribution is 5.67. The van der Waals surface area contributed by atoms with Crippen molar-refractivity contribution in [1.82, 2.24) is 15.0 Å². The molecule has 1 amide bonds. The molecule has 1 saturated carbocycles. The van der Waals surface area contributed by atoms with E-state index in [0.29, 0.717) is 24.2 Å². The molecule has 2 aromatic heterocycles. The summed E-state index contributed by atoms with van der Waals surface area (Å²) in [5, 5.41) is 4.08. The Morgan fingerprint density at radius 3 is 2.84 bits per heavy atom. The van der Waals surface area contributed by atoms with Crippen molar-refractivity contribution in [3.05, 3.63) is 35.9 Å². The lowest BCUT2D eigenvalue weighted by molar-refractivity contribution is 0.0289. The molecule has 1 fully saturated rings. The second kappa shape index (κ2) is 6.54. The third-order valence-electron chi connectivity index (χ3n) is 4.17. The molecule has 2 aromatic rings. The van der Waals surface area contributed by atoms with Crippen molar-refractivity contribution >= 4 is 6.09 Å². The van der Waals surface area contributed by atoms with Crippen molar-refractivity contribution < 1.29 is 18.5 Å². The molecule has 7 heteroatoms. The summed E-state index contributed by atoms with van der Waals surface area (Å²) in [4.78, 5) is 18.1. The van der Waals surface area contributed by atoms with E-state index in [2.05, 4.69) is 10.1 Å². The number of furan rings is 1. The van der Waals surface area contributed by atoms with E-state index in [-0.39, 0.29) is 17.9 Å². The van der Waals surface area contributed by atoms with E-state index in [1.165, 1.54) is 4.90 Å². The van der Waals surface area contributed by atoms with Crippen molar-refractivity contribution in [2.75, 3.05) is 13.6 Å². The minimum Gasteiger partial charge on any atom is -0.469 e. The molecule has 0 unspecified atom stereocenters. The minimum atomic E-state index is -0.513. The van der Waals surface area contributed by atoms with Gasteiger partial charge in [-0.15, -0.1) is 0 Å². The molecule has 0 bridgehead atoms. The zero-order valence-electron chi connectivity index (χ0n) is 15.4. The van der Waals surface area contributed by atoms with Crippen molar-refractivity contribution in [3.8, 4) is 0 Å². The molecule has 0 aliphatic heterocycles. The van der Waals surface area contributed by atoms with Gasteiger partial charge in [-0.2, -0.15) is 4.98 Å². The Morgan fingerprint density at radius 1 is 1.44 bits per heavy atom. The van der Waals surface area contributed by atoms with Crippen LogP contribution in [0.2, 0.25) is 0 Å². The largest absolute Gasteiger partial charge is 0.469 e. The molecular formula is C18H25N3O4. The Hall–Kier alpha value is -2.31. The van der Waals surface area contributed by atoms with Gasteiger partial charge in [-0.1, -0.05) is 12.1 Å². The lowest BCUT2D eigenvalue weighted by Gasteiger charge is -2.25. The van der Waals surface area contributed by atoms with Crippen LogP contribution in [0.1, 0.15) is 69.3 Å². The standard InChI is InChI=1S/C18H25N3O4/c1-11(10-21(5)17(22)24-18(2,3)4)15-19-16(25-20-15)13-9-12(13)14-7-6-8-23-14/h6-8,11-13H,9-10H2,1-5H3/t11-,12-,13-/m0/s1. The monoisotopic (exact) mass is 347 g/mol. The van der Waals surface area contributed by atoms with Crippen LogP contribution in [-0.2, 0) is 4.74 Å². The van der Waals surface area contributed by atoms with Crippen LogP contribution < -0.4 is 0 Å². The molecule has 0 spiro atoms. The van der Waals surface area contributed by atoms with Gasteiger partial charge < -0.3 is 18.6 Å². The molecule has 0 N–H and O–H groups in total. The summed E-state index contributed by atoms with van der Waals surface area (Å²) in [5.74, 6) is 2.71. The first kappa shape index (κ1) is 17.5. The first-order valence-electron chi connectivity index (χ1n) is 8.55. The number of ether oxygens (including phenoxy) is 1. The van der Waals surface area contributed by atoms with Gasteiger partial charge in [0, 0.05) is 31.3 Å². The highest BCUT2D eigenvalue weighted by atomic mass is 16.6. The van der Waals surface area contributed by atoms with Crippen LogP contribution >= 0.6 is 0 Å². The number of carbonyl (C=O) groups is 1. The van der Waals surface area contributed by atoms with Crippen molar-refractivity contribution in [3.63, 3.8) is 0 Å². The molecule has 0 aromatic carbocycles. The summed E-state index contributed by atoms with van der Waals surface area (Å²) in [7, 11) is 1.71. The van der Waals surface area contributed by atoms with Crippen LogP contribution in [0.25, 0.3) is 0 Å². The maximum absolute atomic E-state index is 12.1. The van der Waals surface area contributed by atoms with Gasteiger partial charge in [-0.05, 0) is 39.3 Å². The highest BCUT2D eigenvalue weighted by Gasteiger charge is 2.45. The van der Waals surface area contributed by atoms with Crippen LogP contribution in [0.15, 0.2) is 27.3 Å². The zero-order chi connectivity index (χ0) is 18.2. The van der Waals surface area contributed by atoms with Crippen LogP contribution in [0.4, 0.5) is 4.79 Å². The third kappa shape index (κ3) is 4.21. The van der Waals surface area contributed by atoms with Crippen LogP contribution in [0, 0.1) is 0 Å². The van der Waals surface area contributed by atoms with E-state index in [1.54, 1.807) is 13.3 Å². The lowest BCUT2D eigenvalue weighted by atomic mass is 10.1. The average Bonchev–Trinajstić information content (AvgIpc) is 2.96. The van der Waals surface area contributed by atoms with E-state index in [1.807, 2.05) is 39.8 Å². The smallest absolute Gasteiger partial charge is 0.410 e. The van der Waals surface area contributed by atoms with E-state index in [4.69, 9.17) is 13.7 Å². The van der Waals surface area contributed by atoms with E-state index < -0.39 is 5.60 Å². The fourth-order valence-corrected chi connectivity index (χ4v) is 2.79. The van der Waals surface area contributed by atoms with Gasteiger partial charge in [0.15, 0.2) is 5.82 Å². The molecule has 136 valence electrons. The Bertz CT molecular complexity index is 717. The Balaban J connectivity index is 1.56. The topological polar surface area (TPSA) is 81.6 Å². The van der Waals surface area contributed by atoms with Gasteiger partial charge in [0.05, 0.1) is 6.26 Å². The Labute approximate surface area is 147 Å². The predicted molar refractivity (Wildman–Crippen MR) is 90.4 cm³/mol. The van der Waals surface area contributed by atoms with Crippen molar-refractivity contribution in [2.24, 2.45) is 0 Å². The van der Waals surface area contributed by atoms with Gasteiger partial charge in [0.2, 0.25) is 5.89 Å². The minimum absolute atomic E-state index is 0.0455. The van der Waals surface area contributed by atoms with E-state index in [9.17, 15) is 4.79 Å². The maximum atomic E-state index is 12.1. The van der Waals surface area contributed by atoms with Crippen molar-refractivity contribution in [1.29, 1.82) is 0 Å². The van der Waals surface area contributed by atoms with Crippen LogP contribution in [-0.4, -0.2) is 40.3 Å². The highest BCUT2D eigenvalue weighted by Crippen LogP contribution is 2.54. The zero-order valence-corrected chi connectivity index (χ0v) is 15.4. The van der Waals surface area contributed by atoms with Crippen LogP contribution in [0.5, 0.6) is 0 Å². The molecule has 1 aliphatic rings. The molecule has 25 heavy (non-hydrogen) atoms. The number of rotatable bonds is 5. The quantitative estimate of drug-likeness (QED) is 0.816. The fraction of sp³-hybridized carbons (Fsp3) is 0.611. The van der Waals surface area contributed by atoms with Gasteiger partial charge in [-0.3, -0.25) is 0 Å². The summed E-state index contributed by atoms with van der Waals surface area (Å²) in [6.07, 6.45) is 2.28. The van der Waals surface area contributed by atoms with Gasteiger partial charge in [-0.25, -0.2) is 4.79 Å². The molecular weight excluding hydrogens is 322 g/mol. The summed E-state index contributed by atoms with van der Waals surface area (Å²) in [6.45, 7) is 7.96. The molecule has 0 radical (unpaired) electrons. The molecule has 7 nitrogen and oxygen atoms in total. The summed E-state index contributed by atoms with van der Waals surface area (Å²) in [6, 6.07) is 3.86. The molecule has 3 rings (SSSR count). The number of hydrogen-bond donors (Lipinski definition) is 0. The Kier molecular flexibility index (Phi) is 4.58. The summed E-state index contributed by atoms with van der Waals surface area (Å²) in [5.41, 5.74) is -0.513. The number of carbonyl (C=O) groups excluding carboxylic acids is 1. The van der Waals surface area contributed by atoms with Crippen LogP contribution in [0.3, 0.4) is 0 Å². The summed E-state index contributed by atoms with van der Waals surface area (Å²) >= 11 is 0. The normalized spacial score (nSPS) is 21.0. The molecule has 1 aliphatic carbocycles. The van der Waals surface area contributed by atoms with E-state index in [0.717, 1.165) is 12.2 Å². The number of hydrogen-bond acceptors (Lipinski definition) is 6. The second-order valence-electron chi connectivity index (χ2n) is 7.72.